The third-order valence-corrected chi connectivity index (χ3v) is 5.13. The molecule has 4 heteroatoms. The summed E-state index contributed by atoms with van der Waals surface area (Å²) in [6.07, 6.45) is 1.06. The largest absolute Gasteiger partial charge is 0.497 e. The number of hydrogen-bond donors (Lipinski definition) is 0. The summed E-state index contributed by atoms with van der Waals surface area (Å²) >= 11 is 7.86. The van der Waals surface area contributed by atoms with Crippen molar-refractivity contribution in [1.82, 2.24) is 0 Å². The zero-order valence-electron chi connectivity index (χ0n) is 11.8. The van der Waals surface area contributed by atoms with E-state index >= 15 is 0 Å². The van der Waals surface area contributed by atoms with Gasteiger partial charge in [0, 0.05) is 21.8 Å². The summed E-state index contributed by atoms with van der Waals surface area (Å²) in [5.41, 5.74) is 2.41. The highest BCUT2D eigenvalue weighted by atomic mass is 35.5. The molecule has 1 atom stereocenters. The molecular formula is C17H17ClO2S. The fourth-order valence-electron chi connectivity index (χ4n) is 2.44. The molecule has 0 bridgehead atoms. The molecule has 0 aliphatic carbocycles. The maximum absolute atomic E-state index is 6.00. The van der Waals surface area contributed by atoms with Crippen LogP contribution >= 0.6 is 23.4 Å². The molecular weight excluding hydrogens is 304 g/mol. The Hall–Kier alpha value is -1.32. The summed E-state index contributed by atoms with van der Waals surface area (Å²) in [6.45, 7) is 0.677. The van der Waals surface area contributed by atoms with E-state index < -0.39 is 0 Å². The molecule has 1 aliphatic heterocycles. The van der Waals surface area contributed by atoms with E-state index in [1.54, 1.807) is 7.11 Å². The number of rotatable bonds is 5. The van der Waals surface area contributed by atoms with E-state index in [9.17, 15) is 0 Å². The van der Waals surface area contributed by atoms with Gasteiger partial charge in [0.15, 0.2) is 0 Å². The van der Waals surface area contributed by atoms with E-state index in [1.807, 2.05) is 30.0 Å². The number of methoxy groups -OCH3 is 1. The zero-order chi connectivity index (χ0) is 14.7. The van der Waals surface area contributed by atoms with E-state index in [-0.39, 0.29) is 0 Å². The molecule has 1 heterocycles. The standard InChI is InChI=1S/C17H17ClO2S/c1-19-14-7-6-13(10-18)16(9-14)20-11-15-8-12-4-2-3-5-17(12)21-15/h2-7,9,15H,8,10-11H2,1H3. The predicted molar refractivity (Wildman–Crippen MR) is 87.8 cm³/mol. The van der Waals surface area contributed by atoms with Crippen molar-refractivity contribution in [3.8, 4) is 11.5 Å². The Morgan fingerprint density at radius 2 is 2.10 bits per heavy atom. The fraction of sp³-hybridized carbons (Fsp3) is 0.294. The van der Waals surface area contributed by atoms with Gasteiger partial charge in [-0.05, 0) is 24.1 Å². The highest BCUT2D eigenvalue weighted by Gasteiger charge is 2.22. The van der Waals surface area contributed by atoms with Crippen LogP contribution in [-0.2, 0) is 12.3 Å². The monoisotopic (exact) mass is 320 g/mol. The van der Waals surface area contributed by atoms with E-state index in [0.717, 1.165) is 23.5 Å². The van der Waals surface area contributed by atoms with Gasteiger partial charge in [0.2, 0.25) is 0 Å². The molecule has 2 aromatic rings. The second-order valence-corrected chi connectivity index (χ2v) is 6.58. The van der Waals surface area contributed by atoms with Gasteiger partial charge in [-0.1, -0.05) is 24.3 Å². The van der Waals surface area contributed by atoms with Gasteiger partial charge in [0.25, 0.3) is 0 Å². The van der Waals surface area contributed by atoms with Gasteiger partial charge in [-0.25, -0.2) is 0 Å². The number of alkyl halides is 1. The highest BCUT2D eigenvalue weighted by Crippen LogP contribution is 2.37. The third kappa shape index (κ3) is 3.30. The van der Waals surface area contributed by atoms with E-state index in [1.165, 1.54) is 10.5 Å². The third-order valence-electron chi connectivity index (χ3n) is 3.56. The number of fused-ring (bicyclic) bond motifs is 1. The molecule has 0 N–H and O–H groups in total. The van der Waals surface area contributed by atoms with Crippen LogP contribution in [-0.4, -0.2) is 19.0 Å². The molecule has 0 saturated heterocycles. The molecule has 0 aromatic heterocycles. The van der Waals surface area contributed by atoms with Gasteiger partial charge in [0.05, 0.1) is 13.0 Å². The van der Waals surface area contributed by atoms with E-state index in [0.29, 0.717) is 17.7 Å². The maximum Gasteiger partial charge on any atom is 0.127 e. The lowest BCUT2D eigenvalue weighted by atomic mass is 10.1. The van der Waals surface area contributed by atoms with Crippen molar-refractivity contribution in [3.63, 3.8) is 0 Å². The molecule has 0 saturated carbocycles. The second-order valence-electron chi connectivity index (χ2n) is 4.97. The molecule has 1 unspecified atom stereocenters. The Kier molecular flexibility index (Phi) is 4.61. The minimum absolute atomic E-state index is 0.442. The Labute approximate surface area is 134 Å². The smallest absolute Gasteiger partial charge is 0.127 e. The Balaban J connectivity index is 1.66. The summed E-state index contributed by atoms with van der Waals surface area (Å²) < 4.78 is 11.2. The molecule has 110 valence electrons. The minimum Gasteiger partial charge on any atom is -0.497 e. The van der Waals surface area contributed by atoms with Crippen molar-refractivity contribution in [2.45, 2.75) is 22.4 Å². The summed E-state index contributed by atoms with van der Waals surface area (Å²) in [4.78, 5) is 1.37. The lowest BCUT2D eigenvalue weighted by Crippen LogP contribution is -2.14. The topological polar surface area (TPSA) is 18.5 Å². The SMILES string of the molecule is COc1ccc(CCl)c(OCC2Cc3ccccc3S2)c1. The van der Waals surface area contributed by atoms with Crippen LogP contribution in [0.5, 0.6) is 11.5 Å². The van der Waals surface area contributed by atoms with Crippen LogP contribution in [0.15, 0.2) is 47.4 Å². The average molecular weight is 321 g/mol. The molecule has 1 aliphatic rings. The van der Waals surface area contributed by atoms with Crippen molar-refractivity contribution in [3.05, 3.63) is 53.6 Å². The summed E-state index contributed by atoms with van der Waals surface area (Å²) in [5, 5.41) is 0.455. The highest BCUT2D eigenvalue weighted by molar-refractivity contribution is 8.00. The number of benzene rings is 2. The molecule has 0 amide bonds. The first-order valence-electron chi connectivity index (χ1n) is 6.90. The van der Waals surface area contributed by atoms with Gasteiger partial charge >= 0.3 is 0 Å². The second kappa shape index (κ2) is 6.63. The summed E-state index contributed by atoms with van der Waals surface area (Å²) in [6, 6.07) is 14.3. The predicted octanol–water partition coefficient (Wildman–Crippen LogP) is 4.53. The lowest BCUT2D eigenvalue weighted by Gasteiger charge is -2.14. The summed E-state index contributed by atoms with van der Waals surface area (Å²) in [7, 11) is 1.66. The minimum atomic E-state index is 0.442. The number of hydrogen-bond acceptors (Lipinski definition) is 3. The van der Waals surface area contributed by atoms with Crippen molar-refractivity contribution < 1.29 is 9.47 Å². The molecule has 2 aromatic carbocycles. The maximum atomic E-state index is 6.00. The number of thioether (sulfide) groups is 1. The van der Waals surface area contributed by atoms with E-state index in [4.69, 9.17) is 21.1 Å². The molecule has 0 spiro atoms. The lowest BCUT2D eigenvalue weighted by molar-refractivity contribution is 0.312. The van der Waals surface area contributed by atoms with E-state index in [2.05, 4.69) is 24.3 Å². The van der Waals surface area contributed by atoms with Gasteiger partial charge < -0.3 is 9.47 Å². The van der Waals surface area contributed by atoms with Crippen LogP contribution < -0.4 is 9.47 Å². The fourth-order valence-corrected chi connectivity index (χ4v) is 3.87. The van der Waals surface area contributed by atoms with Crippen molar-refractivity contribution in [2.24, 2.45) is 0 Å². The Morgan fingerprint density at radius 3 is 2.86 bits per heavy atom. The number of ether oxygens (including phenoxy) is 2. The molecule has 0 fully saturated rings. The van der Waals surface area contributed by atoms with Crippen molar-refractivity contribution in [1.29, 1.82) is 0 Å². The molecule has 0 radical (unpaired) electrons. The average Bonchev–Trinajstić information content (AvgIpc) is 2.95. The quantitative estimate of drug-likeness (QED) is 0.754. The van der Waals surface area contributed by atoms with Gasteiger partial charge in [-0.3, -0.25) is 0 Å². The van der Waals surface area contributed by atoms with Crippen molar-refractivity contribution in [2.75, 3.05) is 13.7 Å². The van der Waals surface area contributed by atoms with Crippen LogP contribution in [0, 0.1) is 0 Å². The van der Waals surface area contributed by atoms with Crippen LogP contribution in [0.2, 0.25) is 0 Å². The first-order chi connectivity index (χ1) is 10.3. The molecule has 2 nitrogen and oxygen atoms in total. The van der Waals surface area contributed by atoms with Gasteiger partial charge in [-0.2, -0.15) is 0 Å². The Morgan fingerprint density at radius 1 is 1.24 bits per heavy atom. The Bertz CT molecular complexity index is 605. The first kappa shape index (κ1) is 14.6. The molecule has 3 rings (SSSR count). The van der Waals surface area contributed by atoms with Crippen molar-refractivity contribution >= 4 is 23.4 Å². The zero-order valence-corrected chi connectivity index (χ0v) is 13.4. The van der Waals surface area contributed by atoms with Crippen LogP contribution in [0.3, 0.4) is 0 Å². The van der Waals surface area contributed by atoms with Gasteiger partial charge in [0.1, 0.15) is 18.1 Å². The number of halogens is 1. The van der Waals surface area contributed by atoms with Crippen LogP contribution in [0.1, 0.15) is 11.1 Å². The first-order valence-corrected chi connectivity index (χ1v) is 8.32. The van der Waals surface area contributed by atoms with Gasteiger partial charge in [-0.15, -0.1) is 23.4 Å². The van der Waals surface area contributed by atoms with Crippen LogP contribution in [0.25, 0.3) is 0 Å². The summed E-state index contributed by atoms with van der Waals surface area (Å²) in [5.74, 6) is 2.05. The van der Waals surface area contributed by atoms with Crippen LogP contribution in [0.4, 0.5) is 0 Å². The normalized spacial score (nSPS) is 16.6. The molecule has 21 heavy (non-hydrogen) atoms.